The van der Waals surface area contributed by atoms with E-state index in [1.54, 1.807) is 24.3 Å². The van der Waals surface area contributed by atoms with Crippen molar-refractivity contribution in [3.05, 3.63) is 70.4 Å². The lowest BCUT2D eigenvalue weighted by Crippen LogP contribution is -2.21. The number of carbonyl (C=O) groups excluding carboxylic acids is 2. The lowest BCUT2D eigenvalue weighted by atomic mass is 10.1. The number of halogens is 1. The Bertz CT molecular complexity index is 981. The number of fused-ring (bicyclic) bond motifs is 1. The van der Waals surface area contributed by atoms with Crippen molar-refractivity contribution >= 4 is 40.1 Å². The molecule has 0 saturated carbocycles. The molecule has 0 unspecified atom stereocenters. The average molecular weight is 369 g/mol. The van der Waals surface area contributed by atoms with Crippen LogP contribution in [0, 0.1) is 13.8 Å². The fourth-order valence-electron chi connectivity index (χ4n) is 2.76. The minimum atomic E-state index is -0.624. The molecular weight excluding hydrogens is 352 g/mol. The number of esters is 1. The number of para-hydroxylation sites is 1. The number of aromatic nitrogens is 1. The first-order chi connectivity index (χ1) is 12.4. The van der Waals surface area contributed by atoms with Gasteiger partial charge in [0.05, 0.1) is 11.1 Å². The van der Waals surface area contributed by atoms with Crippen molar-refractivity contribution in [3.63, 3.8) is 0 Å². The van der Waals surface area contributed by atoms with E-state index >= 15 is 0 Å². The first-order valence-corrected chi connectivity index (χ1v) is 8.41. The van der Waals surface area contributed by atoms with Gasteiger partial charge in [0.15, 0.2) is 6.61 Å². The number of nitrogens with zero attached hydrogens (tertiary/aromatic N) is 1. The molecule has 26 heavy (non-hydrogen) atoms. The van der Waals surface area contributed by atoms with Gasteiger partial charge in [-0.15, -0.1) is 0 Å². The summed E-state index contributed by atoms with van der Waals surface area (Å²) in [7, 11) is 0. The third-order valence-corrected chi connectivity index (χ3v) is 3.94. The van der Waals surface area contributed by atoms with E-state index in [1.165, 1.54) is 6.07 Å². The first kappa shape index (κ1) is 17.9. The molecule has 1 amide bonds. The number of benzene rings is 2. The predicted molar refractivity (Wildman–Crippen MR) is 102 cm³/mol. The molecule has 0 fully saturated rings. The Morgan fingerprint density at radius 3 is 2.50 bits per heavy atom. The topological polar surface area (TPSA) is 68.3 Å². The van der Waals surface area contributed by atoms with Crippen molar-refractivity contribution in [2.24, 2.45) is 0 Å². The largest absolute Gasteiger partial charge is 0.452 e. The minimum absolute atomic E-state index is 0.190. The molecule has 1 heterocycles. The Kier molecular flexibility index (Phi) is 5.19. The lowest BCUT2D eigenvalue weighted by Gasteiger charge is -2.09. The summed E-state index contributed by atoms with van der Waals surface area (Å²) >= 11 is 5.97. The van der Waals surface area contributed by atoms with Crippen LogP contribution in [0.25, 0.3) is 10.9 Å². The van der Waals surface area contributed by atoms with Gasteiger partial charge in [0, 0.05) is 11.1 Å². The van der Waals surface area contributed by atoms with Gasteiger partial charge >= 0.3 is 5.97 Å². The third-order valence-electron chi connectivity index (χ3n) is 3.74. The number of aryl methyl sites for hydroxylation is 2. The number of nitrogens with one attached hydrogen (secondary N) is 1. The first-order valence-electron chi connectivity index (χ1n) is 8.03. The molecule has 1 aromatic heterocycles. The molecular formula is C20H17ClN2O3. The molecule has 1 N–H and O–H groups in total. The lowest BCUT2D eigenvalue weighted by molar-refractivity contribution is -0.119. The van der Waals surface area contributed by atoms with Crippen molar-refractivity contribution < 1.29 is 14.3 Å². The van der Waals surface area contributed by atoms with Crippen molar-refractivity contribution in [1.82, 2.24) is 4.98 Å². The van der Waals surface area contributed by atoms with E-state index in [-0.39, 0.29) is 17.3 Å². The van der Waals surface area contributed by atoms with Gasteiger partial charge in [-0.2, -0.15) is 0 Å². The summed E-state index contributed by atoms with van der Waals surface area (Å²) in [5.74, 6) is -1.03. The smallest absolute Gasteiger partial charge is 0.339 e. The molecule has 3 aromatic rings. The average Bonchev–Trinajstić information content (AvgIpc) is 2.58. The molecule has 3 rings (SSSR count). The minimum Gasteiger partial charge on any atom is -0.452 e. The van der Waals surface area contributed by atoms with E-state index in [0.29, 0.717) is 16.6 Å². The summed E-state index contributed by atoms with van der Waals surface area (Å²) in [5.41, 5.74) is 3.61. The molecule has 2 aromatic carbocycles. The van der Waals surface area contributed by atoms with Gasteiger partial charge in [0.25, 0.3) is 5.91 Å². The molecule has 0 radical (unpaired) electrons. The molecule has 0 saturated heterocycles. The van der Waals surface area contributed by atoms with Gasteiger partial charge in [-0.3, -0.25) is 4.79 Å². The Morgan fingerprint density at radius 1 is 1.08 bits per heavy atom. The molecule has 5 nitrogen and oxygen atoms in total. The summed E-state index contributed by atoms with van der Waals surface area (Å²) in [6.45, 7) is 3.50. The maximum absolute atomic E-state index is 12.4. The zero-order valence-corrected chi connectivity index (χ0v) is 15.1. The van der Waals surface area contributed by atoms with Crippen molar-refractivity contribution in [2.45, 2.75) is 13.8 Å². The number of pyridine rings is 1. The highest BCUT2D eigenvalue weighted by atomic mass is 35.5. The number of rotatable bonds is 4. The Hall–Kier alpha value is -2.92. The number of carbonyl (C=O) groups is 2. The number of hydrogen-bond donors (Lipinski definition) is 1. The van der Waals surface area contributed by atoms with Gasteiger partial charge < -0.3 is 10.1 Å². The molecule has 0 aliphatic heterocycles. The monoisotopic (exact) mass is 368 g/mol. The summed E-state index contributed by atoms with van der Waals surface area (Å²) in [6, 6.07) is 14.3. The highest BCUT2D eigenvalue weighted by Crippen LogP contribution is 2.21. The molecule has 0 atom stereocenters. The van der Waals surface area contributed by atoms with E-state index in [2.05, 4.69) is 10.3 Å². The van der Waals surface area contributed by atoms with Gasteiger partial charge in [-0.25, -0.2) is 9.78 Å². The van der Waals surface area contributed by atoms with E-state index in [9.17, 15) is 9.59 Å². The number of hydrogen-bond acceptors (Lipinski definition) is 4. The third kappa shape index (κ3) is 4.18. The number of anilines is 1. The van der Waals surface area contributed by atoms with Crippen LogP contribution in [-0.4, -0.2) is 23.5 Å². The summed E-state index contributed by atoms with van der Waals surface area (Å²) < 4.78 is 5.15. The molecule has 0 spiro atoms. The number of amides is 1. The second-order valence-corrected chi connectivity index (χ2v) is 6.40. The zero-order chi connectivity index (χ0) is 18.7. The van der Waals surface area contributed by atoms with Crippen LogP contribution in [0.2, 0.25) is 5.15 Å². The Labute approximate surface area is 156 Å². The van der Waals surface area contributed by atoms with E-state index < -0.39 is 11.9 Å². The maximum atomic E-state index is 12.4. The quantitative estimate of drug-likeness (QED) is 0.550. The zero-order valence-electron chi connectivity index (χ0n) is 14.4. The van der Waals surface area contributed by atoms with Crippen molar-refractivity contribution in [1.29, 1.82) is 0 Å². The number of ether oxygens (including phenoxy) is 1. The van der Waals surface area contributed by atoms with Gasteiger partial charge in [0.1, 0.15) is 5.15 Å². The van der Waals surface area contributed by atoms with Crippen LogP contribution in [0.4, 0.5) is 5.69 Å². The van der Waals surface area contributed by atoms with Crippen LogP contribution in [0.3, 0.4) is 0 Å². The van der Waals surface area contributed by atoms with E-state index in [0.717, 1.165) is 11.1 Å². The van der Waals surface area contributed by atoms with Gasteiger partial charge in [0.2, 0.25) is 0 Å². The van der Waals surface area contributed by atoms with E-state index in [1.807, 2.05) is 32.0 Å². The van der Waals surface area contributed by atoms with Crippen LogP contribution in [0.15, 0.2) is 48.5 Å². The molecule has 0 bridgehead atoms. The second-order valence-electron chi connectivity index (χ2n) is 6.01. The van der Waals surface area contributed by atoms with Crippen LogP contribution >= 0.6 is 11.6 Å². The van der Waals surface area contributed by atoms with Crippen molar-refractivity contribution in [2.75, 3.05) is 11.9 Å². The fraction of sp³-hybridized carbons (Fsp3) is 0.150. The summed E-state index contributed by atoms with van der Waals surface area (Å²) in [5, 5.41) is 3.54. The standard InChI is InChI=1S/C20H17ClN2O3/c1-12-7-13(2)9-14(8-12)22-19(24)11-26-20(25)16-10-18(21)23-17-6-4-3-5-15(16)17/h3-10H,11H2,1-2H3,(H,22,24). The van der Waals surface area contributed by atoms with Crippen LogP contribution in [-0.2, 0) is 9.53 Å². The highest BCUT2D eigenvalue weighted by Gasteiger charge is 2.15. The van der Waals surface area contributed by atoms with Crippen LogP contribution in [0.1, 0.15) is 21.5 Å². The second kappa shape index (κ2) is 7.54. The molecule has 0 aliphatic rings. The molecule has 6 heteroatoms. The van der Waals surface area contributed by atoms with Crippen molar-refractivity contribution in [3.8, 4) is 0 Å². The van der Waals surface area contributed by atoms with Crippen LogP contribution in [0.5, 0.6) is 0 Å². The van der Waals surface area contributed by atoms with Gasteiger partial charge in [-0.05, 0) is 49.2 Å². The Balaban J connectivity index is 1.70. The fourth-order valence-corrected chi connectivity index (χ4v) is 2.96. The summed E-state index contributed by atoms with van der Waals surface area (Å²) in [6.07, 6.45) is 0. The predicted octanol–water partition coefficient (Wildman–Crippen LogP) is 4.30. The summed E-state index contributed by atoms with van der Waals surface area (Å²) in [4.78, 5) is 28.6. The SMILES string of the molecule is Cc1cc(C)cc(NC(=O)COC(=O)c2cc(Cl)nc3ccccc23)c1. The molecule has 132 valence electrons. The Morgan fingerprint density at radius 2 is 1.77 bits per heavy atom. The maximum Gasteiger partial charge on any atom is 0.339 e. The highest BCUT2D eigenvalue weighted by molar-refractivity contribution is 6.30. The van der Waals surface area contributed by atoms with Gasteiger partial charge in [-0.1, -0.05) is 35.9 Å². The normalized spacial score (nSPS) is 10.6. The van der Waals surface area contributed by atoms with E-state index in [4.69, 9.17) is 16.3 Å². The van der Waals surface area contributed by atoms with Crippen LogP contribution < -0.4 is 5.32 Å². The molecule has 0 aliphatic carbocycles.